The molecule has 0 aliphatic rings. The van der Waals surface area contributed by atoms with E-state index in [-0.39, 0.29) is 17.8 Å². The van der Waals surface area contributed by atoms with E-state index >= 15 is 0 Å². The smallest absolute Gasteiger partial charge is 0.271 e. The van der Waals surface area contributed by atoms with Gasteiger partial charge in [-0.05, 0) is 31.0 Å². The molecule has 0 spiro atoms. The lowest BCUT2D eigenvalue weighted by atomic mass is 10.1. The van der Waals surface area contributed by atoms with Crippen LogP contribution < -0.4 is 14.5 Å². The van der Waals surface area contributed by atoms with E-state index in [4.69, 9.17) is 0 Å². The fourth-order valence-electron chi connectivity index (χ4n) is 3.26. The lowest BCUT2D eigenvalue weighted by Crippen LogP contribution is -2.50. The van der Waals surface area contributed by atoms with Gasteiger partial charge in [0, 0.05) is 38.0 Å². The number of anilines is 2. The molecule has 9 nitrogen and oxygen atoms in total. The highest BCUT2D eigenvalue weighted by Crippen LogP contribution is 2.30. The second-order valence-electron chi connectivity index (χ2n) is 7.26. The Balaban J connectivity index is 2.22. The van der Waals surface area contributed by atoms with Crippen molar-refractivity contribution in [1.82, 2.24) is 5.32 Å². The van der Waals surface area contributed by atoms with Crippen molar-refractivity contribution in [3.8, 4) is 0 Å². The molecule has 1 atom stereocenters. The van der Waals surface area contributed by atoms with Gasteiger partial charge in [0.2, 0.25) is 15.9 Å². The number of aryl methyl sites for hydroxylation is 1. The molecule has 168 valence electrons. The Kier molecular flexibility index (Phi) is 7.98. The van der Waals surface area contributed by atoms with Gasteiger partial charge in [0.05, 0.1) is 16.9 Å². The van der Waals surface area contributed by atoms with Crippen LogP contribution in [-0.4, -0.2) is 51.7 Å². The van der Waals surface area contributed by atoms with Gasteiger partial charge in [-0.15, -0.1) is 0 Å². The summed E-state index contributed by atoms with van der Waals surface area (Å²) >= 11 is 0. The molecule has 0 bridgehead atoms. The van der Waals surface area contributed by atoms with Crippen molar-refractivity contribution in [2.75, 3.05) is 35.6 Å². The van der Waals surface area contributed by atoms with Crippen molar-refractivity contribution in [2.24, 2.45) is 0 Å². The van der Waals surface area contributed by atoms with Crippen molar-refractivity contribution in [1.29, 1.82) is 0 Å². The van der Waals surface area contributed by atoms with Crippen LogP contribution in [0, 0.1) is 17.0 Å². The summed E-state index contributed by atoms with van der Waals surface area (Å²) < 4.78 is 26.2. The lowest BCUT2D eigenvalue weighted by molar-refractivity contribution is -0.384. The van der Waals surface area contributed by atoms with Crippen LogP contribution in [0.2, 0.25) is 0 Å². The zero-order chi connectivity index (χ0) is 23.2. The third-order valence-electron chi connectivity index (χ3n) is 4.91. The molecule has 0 aliphatic heterocycles. The number of nitrogens with zero attached hydrogens (tertiary/aromatic N) is 3. The average Bonchev–Trinajstić information content (AvgIpc) is 2.72. The highest BCUT2D eigenvalue weighted by Gasteiger charge is 2.33. The molecule has 1 unspecified atom stereocenters. The van der Waals surface area contributed by atoms with Crippen LogP contribution in [0.4, 0.5) is 17.1 Å². The standard InChI is InChI=1S/C21H28N4O5S/c1-5-19(21(26)22-13-14-23(3)17-9-7-6-8-10-17)24(31(4,29)30)20-15-18(25(27)28)12-11-16(20)2/h6-12,15,19H,5,13-14H2,1-4H3,(H,22,26). The fraction of sp³-hybridized carbons (Fsp3) is 0.381. The third kappa shape index (κ3) is 6.17. The quantitative estimate of drug-likeness (QED) is 0.442. The number of amides is 1. The number of benzene rings is 2. The maximum atomic E-state index is 12.9. The summed E-state index contributed by atoms with van der Waals surface area (Å²) in [7, 11) is -1.99. The molecule has 2 rings (SSSR count). The summed E-state index contributed by atoms with van der Waals surface area (Å²) in [4.78, 5) is 25.5. The Hall–Kier alpha value is -3.14. The Bertz CT molecular complexity index is 1030. The Morgan fingerprint density at radius 1 is 1.19 bits per heavy atom. The highest BCUT2D eigenvalue weighted by molar-refractivity contribution is 7.92. The number of likely N-dealkylation sites (N-methyl/N-ethyl adjacent to an activating group) is 1. The van der Waals surface area contributed by atoms with Crippen molar-refractivity contribution in [2.45, 2.75) is 26.3 Å². The molecule has 1 amide bonds. The number of non-ortho nitro benzene ring substituents is 1. The zero-order valence-corrected chi connectivity index (χ0v) is 18.9. The number of hydrogen-bond donors (Lipinski definition) is 1. The summed E-state index contributed by atoms with van der Waals surface area (Å²) in [6.45, 7) is 4.19. The van der Waals surface area contributed by atoms with E-state index in [2.05, 4.69) is 5.32 Å². The van der Waals surface area contributed by atoms with Gasteiger partial charge >= 0.3 is 0 Å². The summed E-state index contributed by atoms with van der Waals surface area (Å²) in [5.41, 5.74) is 1.40. The maximum absolute atomic E-state index is 12.9. The average molecular weight is 449 g/mol. The summed E-state index contributed by atoms with van der Waals surface area (Å²) in [6.07, 6.45) is 1.19. The number of carbonyl (C=O) groups excluding carboxylic acids is 1. The van der Waals surface area contributed by atoms with E-state index in [1.165, 1.54) is 18.2 Å². The van der Waals surface area contributed by atoms with Gasteiger partial charge in [-0.1, -0.05) is 31.2 Å². The van der Waals surface area contributed by atoms with Gasteiger partial charge in [-0.3, -0.25) is 19.2 Å². The maximum Gasteiger partial charge on any atom is 0.271 e. The van der Waals surface area contributed by atoms with Crippen LogP contribution in [0.15, 0.2) is 48.5 Å². The molecular weight excluding hydrogens is 420 g/mol. The van der Waals surface area contributed by atoms with E-state index in [0.717, 1.165) is 16.2 Å². The first-order chi connectivity index (χ1) is 14.6. The number of sulfonamides is 1. The number of nitrogens with one attached hydrogen (secondary N) is 1. The van der Waals surface area contributed by atoms with Crippen LogP contribution in [-0.2, 0) is 14.8 Å². The Morgan fingerprint density at radius 3 is 2.39 bits per heavy atom. The molecule has 0 saturated carbocycles. The monoisotopic (exact) mass is 448 g/mol. The van der Waals surface area contributed by atoms with E-state index < -0.39 is 26.9 Å². The first-order valence-electron chi connectivity index (χ1n) is 9.84. The fourth-order valence-corrected chi connectivity index (χ4v) is 4.52. The van der Waals surface area contributed by atoms with Crippen LogP contribution in [0.25, 0.3) is 0 Å². The number of nitro benzene ring substituents is 1. The number of para-hydroxylation sites is 1. The molecule has 0 aliphatic carbocycles. The van der Waals surface area contributed by atoms with Crippen molar-refractivity contribution in [3.63, 3.8) is 0 Å². The third-order valence-corrected chi connectivity index (χ3v) is 6.08. The van der Waals surface area contributed by atoms with Gasteiger partial charge in [0.25, 0.3) is 5.69 Å². The topological polar surface area (TPSA) is 113 Å². The van der Waals surface area contributed by atoms with Gasteiger partial charge in [-0.2, -0.15) is 0 Å². The minimum absolute atomic E-state index is 0.125. The lowest BCUT2D eigenvalue weighted by Gasteiger charge is -2.31. The van der Waals surface area contributed by atoms with Crippen LogP contribution >= 0.6 is 0 Å². The minimum atomic E-state index is -3.88. The van der Waals surface area contributed by atoms with Crippen molar-refractivity contribution in [3.05, 3.63) is 64.2 Å². The predicted molar refractivity (Wildman–Crippen MR) is 122 cm³/mol. The van der Waals surface area contributed by atoms with Crippen LogP contribution in [0.1, 0.15) is 18.9 Å². The van der Waals surface area contributed by atoms with Crippen molar-refractivity contribution >= 4 is 33.0 Å². The van der Waals surface area contributed by atoms with Gasteiger partial charge in [-0.25, -0.2) is 8.42 Å². The van der Waals surface area contributed by atoms with Gasteiger partial charge in [0.15, 0.2) is 0 Å². The molecule has 0 saturated heterocycles. The number of nitro groups is 1. The molecule has 0 radical (unpaired) electrons. The molecule has 0 fully saturated rings. The molecule has 2 aromatic rings. The molecule has 31 heavy (non-hydrogen) atoms. The second-order valence-corrected chi connectivity index (χ2v) is 9.12. The molecule has 10 heteroatoms. The molecule has 1 N–H and O–H groups in total. The zero-order valence-electron chi connectivity index (χ0n) is 18.1. The predicted octanol–water partition coefficient (Wildman–Crippen LogP) is 2.70. The van der Waals surface area contributed by atoms with E-state index in [1.807, 2.05) is 42.3 Å². The summed E-state index contributed by atoms with van der Waals surface area (Å²) in [5.74, 6) is -0.458. The Labute approximate surface area is 182 Å². The van der Waals surface area contributed by atoms with Crippen LogP contribution in [0.5, 0.6) is 0 Å². The SMILES string of the molecule is CCC(C(=O)NCCN(C)c1ccccc1)N(c1cc([N+](=O)[O-])ccc1C)S(C)(=O)=O. The van der Waals surface area contributed by atoms with E-state index in [1.54, 1.807) is 13.8 Å². The van der Waals surface area contributed by atoms with E-state index in [9.17, 15) is 23.3 Å². The van der Waals surface area contributed by atoms with Gasteiger partial charge in [0.1, 0.15) is 6.04 Å². The highest BCUT2D eigenvalue weighted by atomic mass is 32.2. The Morgan fingerprint density at radius 2 is 1.84 bits per heavy atom. The van der Waals surface area contributed by atoms with Crippen molar-refractivity contribution < 1.29 is 18.1 Å². The first-order valence-corrected chi connectivity index (χ1v) is 11.7. The first kappa shape index (κ1) is 24.1. The van der Waals surface area contributed by atoms with Crippen LogP contribution in [0.3, 0.4) is 0 Å². The largest absolute Gasteiger partial charge is 0.373 e. The number of carbonyl (C=O) groups is 1. The second kappa shape index (κ2) is 10.3. The molecule has 0 aromatic heterocycles. The minimum Gasteiger partial charge on any atom is -0.373 e. The normalized spacial score (nSPS) is 12.1. The van der Waals surface area contributed by atoms with Gasteiger partial charge < -0.3 is 10.2 Å². The number of hydrogen-bond acceptors (Lipinski definition) is 6. The summed E-state index contributed by atoms with van der Waals surface area (Å²) in [6, 6.07) is 12.6. The molecular formula is C21H28N4O5S. The van der Waals surface area contributed by atoms with E-state index in [0.29, 0.717) is 18.7 Å². The molecule has 0 heterocycles. The number of rotatable bonds is 10. The molecule has 2 aromatic carbocycles. The summed E-state index contributed by atoms with van der Waals surface area (Å²) in [5, 5.41) is 14.0.